The average Bonchev–Trinajstić information content (AvgIpc) is 2.96. The first-order chi connectivity index (χ1) is 10.6. The van der Waals surface area contributed by atoms with Gasteiger partial charge in [0.05, 0.1) is 0 Å². The molecule has 0 spiro atoms. The van der Waals surface area contributed by atoms with Gasteiger partial charge in [0.2, 0.25) is 0 Å². The summed E-state index contributed by atoms with van der Waals surface area (Å²) in [4.78, 5) is 12.0. The maximum absolute atomic E-state index is 12.0. The van der Waals surface area contributed by atoms with Gasteiger partial charge >= 0.3 is 0 Å². The van der Waals surface area contributed by atoms with Gasteiger partial charge in [-0.15, -0.1) is 0 Å². The van der Waals surface area contributed by atoms with Crippen LogP contribution in [0.5, 0.6) is 5.75 Å². The Bertz CT molecular complexity index is 707. The van der Waals surface area contributed by atoms with E-state index in [1.54, 1.807) is 0 Å². The quantitative estimate of drug-likeness (QED) is 0.931. The summed E-state index contributed by atoms with van der Waals surface area (Å²) in [5, 5.41) is 2.87. The van der Waals surface area contributed by atoms with Gasteiger partial charge in [-0.2, -0.15) is 0 Å². The average molecular weight is 295 g/mol. The minimum atomic E-state index is -0.135. The molecule has 1 amide bonds. The topological polar surface area (TPSA) is 38.3 Å². The lowest BCUT2D eigenvalue weighted by Crippen LogP contribution is -2.20. The number of fused-ring (bicyclic) bond motifs is 1. The molecule has 3 heteroatoms. The normalized spacial score (nSPS) is 12.8. The first-order valence-corrected chi connectivity index (χ1v) is 7.73. The number of aryl methyl sites for hydroxylation is 4. The number of nitrogens with one attached hydrogen (secondary N) is 1. The predicted molar refractivity (Wildman–Crippen MR) is 88.5 cm³/mol. The molecule has 2 aromatic carbocycles. The zero-order valence-corrected chi connectivity index (χ0v) is 13.1. The summed E-state index contributed by atoms with van der Waals surface area (Å²) in [6.07, 6.45) is 3.48. The van der Waals surface area contributed by atoms with Crippen LogP contribution in [0.25, 0.3) is 0 Å². The standard InChI is InChI=1S/C19H21NO2/c1-13-6-8-17(10-14(13)2)20-19(21)12-22-18-9-7-15-4-3-5-16(15)11-18/h6-11H,3-5,12H2,1-2H3,(H,20,21). The van der Waals surface area contributed by atoms with Crippen molar-refractivity contribution >= 4 is 11.6 Å². The molecule has 1 N–H and O–H groups in total. The highest BCUT2D eigenvalue weighted by Crippen LogP contribution is 2.26. The van der Waals surface area contributed by atoms with Crippen LogP contribution >= 0.6 is 0 Å². The third kappa shape index (κ3) is 3.30. The zero-order chi connectivity index (χ0) is 15.5. The second-order valence-corrected chi connectivity index (χ2v) is 5.92. The fourth-order valence-corrected chi connectivity index (χ4v) is 2.80. The van der Waals surface area contributed by atoms with Gasteiger partial charge in [-0.25, -0.2) is 0 Å². The van der Waals surface area contributed by atoms with Gasteiger partial charge in [-0.3, -0.25) is 4.79 Å². The molecule has 0 atom stereocenters. The number of carbonyl (C=O) groups excluding carboxylic acids is 1. The second-order valence-electron chi connectivity index (χ2n) is 5.92. The fourth-order valence-electron chi connectivity index (χ4n) is 2.80. The lowest BCUT2D eigenvalue weighted by molar-refractivity contribution is -0.118. The van der Waals surface area contributed by atoms with E-state index in [-0.39, 0.29) is 12.5 Å². The van der Waals surface area contributed by atoms with E-state index in [4.69, 9.17) is 4.74 Å². The van der Waals surface area contributed by atoms with Crippen LogP contribution in [0.1, 0.15) is 28.7 Å². The number of amides is 1. The van der Waals surface area contributed by atoms with Crippen LogP contribution in [0.4, 0.5) is 5.69 Å². The Morgan fingerprint density at radius 3 is 2.68 bits per heavy atom. The van der Waals surface area contributed by atoms with Crippen molar-refractivity contribution in [2.75, 3.05) is 11.9 Å². The summed E-state index contributed by atoms with van der Waals surface area (Å²) in [6.45, 7) is 4.12. The van der Waals surface area contributed by atoms with Crippen molar-refractivity contribution in [3.05, 3.63) is 58.7 Å². The van der Waals surface area contributed by atoms with Crippen molar-refractivity contribution in [1.29, 1.82) is 0 Å². The van der Waals surface area contributed by atoms with E-state index in [0.29, 0.717) is 0 Å². The van der Waals surface area contributed by atoms with Crippen molar-refractivity contribution in [2.45, 2.75) is 33.1 Å². The van der Waals surface area contributed by atoms with Crippen LogP contribution in [-0.4, -0.2) is 12.5 Å². The number of benzene rings is 2. The molecule has 3 rings (SSSR count). The van der Waals surface area contributed by atoms with Gasteiger partial charge < -0.3 is 10.1 Å². The maximum atomic E-state index is 12.0. The number of ether oxygens (including phenoxy) is 1. The molecule has 2 aromatic rings. The fraction of sp³-hybridized carbons (Fsp3) is 0.316. The second kappa shape index (κ2) is 6.22. The highest BCUT2D eigenvalue weighted by molar-refractivity contribution is 5.92. The van der Waals surface area contributed by atoms with Crippen molar-refractivity contribution in [3.63, 3.8) is 0 Å². The molecule has 22 heavy (non-hydrogen) atoms. The van der Waals surface area contributed by atoms with E-state index >= 15 is 0 Å². The van der Waals surface area contributed by atoms with Crippen LogP contribution in [0.3, 0.4) is 0 Å². The first kappa shape index (κ1) is 14.6. The summed E-state index contributed by atoms with van der Waals surface area (Å²) < 4.78 is 5.61. The lowest BCUT2D eigenvalue weighted by atomic mass is 10.1. The predicted octanol–water partition coefficient (Wildman–Crippen LogP) is 3.81. The molecule has 0 unspecified atom stereocenters. The molecule has 0 bridgehead atoms. The molecule has 1 aliphatic carbocycles. The molecule has 1 aliphatic rings. The van der Waals surface area contributed by atoms with Crippen molar-refractivity contribution < 1.29 is 9.53 Å². The number of hydrogen-bond acceptors (Lipinski definition) is 2. The van der Waals surface area contributed by atoms with Crippen molar-refractivity contribution in [1.82, 2.24) is 0 Å². The third-order valence-corrected chi connectivity index (χ3v) is 4.23. The monoisotopic (exact) mass is 295 g/mol. The van der Waals surface area contributed by atoms with Gasteiger partial charge in [0, 0.05) is 5.69 Å². The van der Waals surface area contributed by atoms with E-state index in [1.807, 2.05) is 31.2 Å². The van der Waals surface area contributed by atoms with E-state index in [2.05, 4.69) is 24.4 Å². The SMILES string of the molecule is Cc1ccc(NC(=O)COc2ccc3c(c2)CCC3)cc1C. The number of hydrogen-bond donors (Lipinski definition) is 1. The van der Waals surface area contributed by atoms with E-state index < -0.39 is 0 Å². The maximum Gasteiger partial charge on any atom is 0.262 e. The van der Waals surface area contributed by atoms with Gasteiger partial charge in [-0.05, 0) is 79.6 Å². The van der Waals surface area contributed by atoms with Gasteiger partial charge in [0.1, 0.15) is 5.75 Å². The molecule has 3 nitrogen and oxygen atoms in total. The molecule has 0 radical (unpaired) electrons. The smallest absolute Gasteiger partial charge is 0.262 e. The molecule has 0 heterocycles. The Hall–Kier alpha value is -2.29. The number of anilines is 1. The van der Waals surface area contributed by atoms with Crippen LogP contribution in [0.15, 0.2) is 36.4 Å². The van der Waals surface area contributed by atoms with E-state index in [9.17, 15) is 4.79 Å². The van der Waals surface area contributed by atoms with Crippen molar-refractivity contribution in [3.8, 4) is 5.75 Å². The summed E-state index contributed by atoms with van der Waals surface area (Å²) in [7, 11) is 0. The van der Waals surface area contributed by atoms with Gasteiger partial charge in [-0.1, -0.05) is 12.1 Å². The molecule has 0 aromatic heterocycles. The first-order valence-electron chi connectivity index (χ1n) is 7.73. The Morgan fingerprint density at radius 2 is 1.86 bits per heavy atom. The van der Waals surface area contributed by atoms with Crippen LogP contribution in [0.2, 0.25) is 0 Å². The van der Waals surface area contributed by atoms with Crippen molar-refractivity contribution in [2.24, 2.45) is 0 Å². The van der Waals surface area contributed by atoms with E-state index in [0.717, 1.165) is 29.8 Å². The molecule has 0 saturated carbocycles. The molecular weight excluding hydrogens is 274 g/mol. The Labute approximate surface area is 131 Å². The number of rotatable bonds is 4. The molecule has 0 aliphatic heterocycles. The third-order valence-electron chi connectivity index (χ3n) is 4.23. The molecule has 0 saturated heterocycles. The highest BCUT2D eigenvalue weighted by atomic mass is 16.5. The van der Waals surface area contributed by atoms with Crippen LogP contribution in [0, 0.1) is 13.8 Å². The van der Waals surface area contributed by atoms with Crippen LogP contribution in [-0.2, 0) is 17.6 Å². The minimum absolute atomic E-state index is 0.0334. The van der Waals surface area contributed by atoms with E-state index in [1.165, 1.54) is 23.1 Å². The highest BCUT2D eigenvalue weighted by Gasteiger charge is 2.12. The largest absolute Gasteiger partial charge is 0.484 e. The lowest BCUT2D eigenvalue weighted by Gasteiger charge is -2.10. The number of carbonyl (C=O) groups is 1. The van der Waals surface area contributed by atoms with Crippen LogP contribution < -0.4 is 10.1 Å². The Kier molecular flexibility index (Phi) is 4.14. The minimum Gasteiger partial charge on any atom is -0.484 e. The molecule has 114 valence electrons. The zero-order valence-electron chi connectivity index (χ0n) is 13.1. The van der Waals surface area contributed by atoms with Gasteiger partial charge in [0.25, 0.3) is 5.91 Å². The summed E-state index contributed by atoms with van der Waals surface area (Å²) in [5.74, 6) is 0.639. The Morgan fingerprint density at radius 1 is 1.05 bits per heavy atom. The summed E-state index contributed by atoms with van der Waals surface area (Å²) in [5.41, 5.74) is 5.95. The summed E-state index contributed by atoms with van der Waals surface area (Å²) >= 11 is 0. The summed E-state index contributed by atoms with van der Waals surface area (Å²) in [6, 6.07) is 12.0. The van der Waals surface area contributed by atoms with Gasteiger partial charge in [0.15, 0.2) is 6.61 Å². The Balaban J connectivity index is 1.57. The molecular formula is C19H21NO2. The molecule has 0 fully saturated rings.